The van der Waals surface area contributed by atoms with Crippen LogP contribution in [0, 0.1) is 0 Å². The van der Waals surface area contributed by atoms with E-state index in [2.05, 4.69) is 41.9 Å². The molecule has 0 saturated carbocycles. The molecule has 2 heterocycles. The Labute approximate surface area is 180 Å². The van der Waals surface area contributed by atoms with Crippen molar-refractivity contribution in [3.8, 4) is 0 Å². The SMILES string of the molecule is O=C(c1cccc(Br)c1)N(/N=C/c1cccs1)c1nc2ccc(Br)cc2s1. The number of benzene rings is 2. The molecule has 4 rings (SSSR count). The summed E-state index contributed by atoms with van der Waals surface area (Å²) < 4.78 is 2.79. The van der Waals surface area contributed by atoms with Gasteiger partial charge in [-0.05, 0) is 47.8 Å². The van der Waals surface area contributed by atoms with Crippen molar-refractivity contribution in [2.45, 2.75) is 0 Å². The Morgan fingerprint density at radius 2 is 1.93 bits per heavy atom. The van der Waals surface area contributed by atoms with E-state index in [4.69, 9.17) is 0 Å². The quantitative estimate of drug-likeness (QED) is 0.226. The van der Waals surface area contributed by atoms with Crippen molar-refractivity contribution in [1.82, 2.24) is 4.98 Å². The summed E-state index contributed by atoms with van der Waals surface area (Å²) in [5.41, 5.74) is 1.37. The first kappa shape index (κ1) is 18.5. The van der Waals surface area contributed by atoms with Crippen LogP contribution in [0.4, 0.5) is 5.13 Å². The second-order valence-electron chi connectivity index (χ2n) is 5.50. The van der Waals surface area contributed by atoms with Crippen LogP contribution in [0.3, 0.4) is 0 Å². The summed E-state index contributed by atoms with van der Waals surface area (Å²) in [6.45, 7) is 0. The summed E-state index contributed by atoms with van der Waals surface area (Å²) in [6, 6.07) is 17.0. The van der Waals surface area contributed by atoms with Gasteiger partial charge in [-0.2, -0.15) is 10.1 Å². The van der Waals surface area contributed by atoms with Crippen molar-refractivity contribution in [2.75, 3.05) is 5.01 Å². The van der Waals surface area contributed by atoms with Crippen LogP contribution in [-0.2, 0) is 0 Å². The minimum absolute atomic E-state index is 0.234. The molecule has 0 aliphatic rings. The van der Waals surface area contributed by atoms with Crippen LogP contribution in [0.5, 0.6) is 0 Å². The molecule has 0 bridgehead atoms. The molecule has 0 spiro atoms. The van der Waals surface area contributed by atoms with Gasteiger partial charge in [0.05, 0.1) is 16.4 Å². The van der Waals surface area contributed by atoms with Crippen molar-refractivity contribution in [3.63, 3.8) is 0 Å². The van der Waals surface area contributed by atoms with Crippen molar-refractivity contribution >= 4 is 82.0 Å². The Morgan fingerprint density at radius 1 is 1.07 bits per heavy atom. The Balaban J connectivity index is 1.77. The molecule has 0 aliphatic carbocycles. The standard InChI is InChI=1S/C19H11Br2N3OS2/c20-13-4-1-3-12(9-13)18(25)24(22-11-15-5-2-8-26-15)19-23-16-7-6-14(21)10-17(16)27-19/h1-11H/b22-11+. The number of aromatic nitrogens is 1. The maximum atomic E-state index is 13.2. The summed E-state index contributed by atoms with van der Waals surface area (Å²) in [6.07, 6.45) is 1.68. The lowest BCUT2D eigenvalue weighted by Crippen LogP contribution is -2.25. The smallest absolute Gasteiger partial charge is 0.267 e. The number of carbonyl (C=O) groups is 1. The number of amides is 1. The molecule has 2 aromatic heterocycles. The summed E-state index contributed by atoms with van der Waals surface area (Å²) in [7, 11) is 0. The molecule has 4 nitrogen and oxygen atoms in total. The van der Waals surface area contributed by atoms with E-state index < -0.39 is 0 Å². The zero-order valence-electron chi connectivity index (χ0n) is 13.7. The van der Waals surface area contributed by atoms with E-state index in [0.29, 0.717) is 10.7 Å². The van der Waals surface area contributed by atoms with Gasteiger partial charge in [-0.3, -0.25) is 4.79 Å². The van der Waals surface area contributed by atoms with Gasteiger partial charge in [0, 0.05) is 19.4 Å². The molecule has 0 N–H and O–H groups in total. The molecular formula is C19H11Br2N3OS2. The lowest BCUT2D eigenvalue weighted by molar-refractivity contribution is 0.0988. The molecule has 0 aliphatic heterocycles. The molecule has 2 aromatic carbocycles. The molecule has 0 unspecified atom stereocenters. The van der Waals surface area contributed by atoms with E-state index in [-0.39, 0.29) is 5.91 Å². The van der Waals surface area contributed by atoms with Gasteiger partial charge in [0.15, 0.2) is 0 Å². The van der Waals surface area contributed by atoms with Crippen molar-refractivity contribution in [1.29, 1.82) is 0 Å². The van der Waals surface area contributed by atoms with Crippen LogP contribution in [0.15, 0.2) is 74.0 Å². The third-order valence-corrected chi connectivity index (χ3v) is 6.42. The Morgan fingerprint density at radius 3 is 2.70 bits per heavy atom. The molecule has 8 heteroatoms. The van der Waals surface area contributed by atoms with Crippen LogP contribution in [0.25, 0.3) is 10.2 Å². The topological polar surface area (TPSA) is 45.6 Å². The number of anilines is 1. The van der Waals surface area contributed by atoms with Gasteiger partial charge in [-0.1, -0.05) is 55.3 Å². The van der Waals surface area contributed by atoms with E-state index in [1.54, 1.807) is 29.7 Å². The van der Waals surface area contributed by atoms with E-state index >= 15 is 0 Å². The van der Waals surface area contributed by atoms with Crippen molar-refractivity contribution in [3.05, 3.63) is 79.4 Å². The van der Waals surface area contributed by atoms with Crippen molar-refractivity contribution in [2.24, 2.45) is 5.10 Å². The molecule has 0 fully saturated rings. The van der Waals surface area contributed by atoms with Gasteiger partial charge in [0.2, 0.25) is 5.13 Å². The third kappa shape index (κ3) is 4.19. The largest absolute Gasteiger partial charge is 0.280 e. The fourth-order valence-corrected chi connectivity index (χ4v) is 4.84. The minimum Gasteiger partial charge on any atom is -0.267 e. The van der Waals surface area contributed by atoms with Crippen LogP contribution in [0.1, 0.15) is 15.2 Å². The number of carbonyl (C=O) groups excluding carboxylic acids is 1. The van der Waals surface area contributed by atoms with Crippen molar-refractivity contribution < 1.29 is 4.79 Å². The van der Waals surface area contributed by atoms with Gasteiger partial charge in [-0.25, -0.2) is 4.98 Å². The van der Waals surface area contributed by atoms with Gasteiger partial charge in [0.25, 0.3) is 5.91 Å². The lowest BCUT2D eigenvalue weighted by Gasteiger charge is -2.13. The predicted octanol–water partition coefficient (Wildman–Crippen LogP) is 6.56. The van der Waals surface area contributed by atoms with Gasteiger partial charge >= 0.3 is 0 Å². The maximum absolute atomic E-state index is 13.2. The number of halogens is 2. The first-order valence-corrected chi connectivity index (χ1v) is 11.1. The number of hydrogen-bond acceptors (Lipinski definition) is 5. The summed E-state index contributed by atoms with van der Waals surface area (Å²) in [5.74, 6) is -0.234. The number of thiazole rings is 1. The van der Waals surface area contributed by atoms with Gasteiger partial charge < -0.3 is 0 Å². The molecule has 0 radical (unpaired) electrons. The molecule has 1 amide bonds. The maximum Gasteiger partial charge on any atom is 0.280 e. The Hall–Kier alpha value is -1.87. The first-order valence-electron chi connectivity index (χ1n) is 7.84. The van der Waals surface area contributed by atoms with E-state index in [0.717, 1.165) is 24.0 Å². The second-order valence-corrected chi connectivity index (χ2v) is 9.32. The number of fused-ring (bicyclic) bond motifs is 1. The third-order valence-electron chi connectivity index (χ3n) is 3.63. The first-order chi connectivity index (χ1) is 13.1. The highest BCUT2D eigenvalue weighted by Crippen LogP contribution is 2.32. The van der Waals surface area contributed by atoms with Crippen LogP contribution in [-0.4, -0.2) is 17.1 Å². The highest BCUT2D eigenvalue weighted by molar-refractivity contribution is 9.10. The zero-order valence-corrected chi connectivity index (χ0v) is 18.5. The number of hydrazone groups is 1. The monoisotopic (exact) mass is 519 g/mol. The predicted molar refractivity (Wildman–Crippen MR) is 120 cm³/mol. The summed E-state index contributed by atoms with van der Waals surface area (Å²) >= 11 is 9.88. The average Bonchev–Trinajstić information content (AvgIpc) is 3.31. The van der Waals surface area contributed by atoms with Crippen LogP contribution in [0.2, 0.25) is 0 Å². The van der Waals surface area contributed by atoms with E-state index in [1.165, 1.54) is 16.3 Å². The molecule has 0 atom stereocenters. The van der Waals surface area contributed by atoms with Gasteiger partial charge in [0.1, 0.15) is 0 Å². The summed E-state index contributed by atoms with van der Waals surface area (Å²) in [4.78, 5) is 18.7. The van der Waals surface area contributed by atoms with Crippen LogP contribution >= 0.6 is 54.5 Å². The average molecular weight is 521 g/mol. The fraction of sp³-hybridized carbons (Fsp3) is 0. The van der Waals surface area contributed by atoms with E-state index in [1.807, 2.05) is 47.8 Å². The normalized spacial score (nSPS) is 11.3. The highest BCUT2D eigenvalue weighted by Gasteiger charge is 2.21. The molecule has 134 valence electrons. The van der Waals surface area contributed by atoms with E-state index in [9.17, 15) is 4.79 Å². The molecule has 4 aromatic rings. The summed E-state index contributed by atoms with van der Waals surface area (Å²) in [5, 5.41) is 8.31. The molecule has 27 heavy (non-hydrogen) atoms. The van der Waals surface area contributed by atoms with Gasteiger partial charge in [-0.15, -0.1) is 11.3 Å². The number of nitrogens with zero attached hydrogens (tertiary/aromatic N) is 3. The minimum atomic E-state index is -0.234. The Kier molecular flexibility index (Phi) is 5.49. The zero-order chi connectivity index (χ0) is 18.8. The molecule has 0 saturated heterocycles. The number of rotatable bonds is 4. The Bertz CT molecular complexity index is 1140. The molecular weight excluding hydrogens is 510 g/mol. The lowest BCUT2D eigenvalue weighted by atomic mass is 10.2. The number of hydrogen-bond donors (Lipinski definition) is 0. The number of thiophene rings is 1. The fourth-order valence-electron chi connectivity index (χ4n) is 2.39. The second kappa shape index (κ2) is 8.02. The highest BCUT2D eigenvalue weighted by atomic mass is 79.9. The van der Waals surface area contributed by atoms with Crippen LogP contribution < -0.4 is 5.01 Å².